The van der Waals surface area contributed by atoms with E-state index in [4.69, 9.17) is 0 Å². The summed E-state index contributed by atoms with van der Waals surface area (Å²) < 4.78 is 0. The molecule has 1 aromatic rings. The molecule has 0 saturated carbocycles. The molecule has 0 aliphatic carbocycles. The van der Waals surface area contributed by atoms with Crippen molar-refractivity contribution in [3.05, 3.63) is 0 Å². The fourth-order valence-corrected chi connectivity index (χ4v) is 1.57. The molecule has 0 amide bonds. The minimum absolute atomic E-state index is 0.330. The van der Waals surface area contributed by atoms with E-state index in [-0.39, 0.29) is 0 Å². The fraction of sp³-hybridized carbons (Fsp3) is 0.769. The first kappa shape index (κ1) is 15.5. The van der Waals surface area contributed by atoms with Gasteiger partial charge in [0.1, 0.15) is 0 Å². The number of nitrogens with one attached hydrogen (secondary N) is 2. The molecule has 6 heteroatoms. The normalized spacial score (nSPS) is 13.8. The third-order valence-corrected chi connectivity index (χ3v) is 3.21. The molecule has 0 saturated heterocycles. The second-order valence-electron chi connectivity index (χ2n) is 5.03. The lowest BCUT2D eigenvalue weighted by Gasteiger charge is -2.21. The Labute approximate surface area is 116 Å². The minimum atomic E-state index is 0.330. The maximum Gasteiger partial charge on any atom is 0.231 e. The van der Waals surface area contributed by atoms with Gasteiger partial charge in [-0.15, -0.1) is 0 Å². The molecule has 1 rings (SSSR count). The summed E-state index contributed by atoms with van der Waals surface area (Å²) in [6.45, 7) is 9.37. The summed E-state index contributed by atoms with van der Waals surface area (Å²) in [4.78, 5) is 15.0. The lowest BCUT2D eigenvalue weighted by atomic mass is 10.0. The van der Waals surface area contributed by atoms with Crippen LogP contribution in [0, 0.1) is 5.92 Å². The molecule has 19 heavy (non-hydrogen) atoms. The largest absolute Gasteiger partial charge is 0.354 e. The molecule has 0 bridgehead atoms. The van der Waals surface area contributed by atoms with Gasteiger partial charge in [0.25, 0.3) is 0 Å². The van der Waals surface area contributed by atoms with Crippen LogP contribution in [0.25, 0.3) is 0 Å². The summed E-state index contributed by atoms with van der Waals surface area (Å²) in [7, 11) is 3.85. The molecule has 0 aromatic carbocycles. The van der Waals surface area contributed by atoms with Crippen LogP contribution in [0.4, 0.5) is 17.8 Å². The molecule has 2 unspecified atom stereocenters. The highest BCUT2D eigenvalue weighted by atomic mass is 15.3. The summed E-state index contributed by atoms with van der Waals surface area (Å²) in [6, 6.07) is 0.330. The maximum absolute atomic E-state index is 4.42. The molecule has 0 aliphatic rings. The molecule has 0 aliphatic heterocycles. The van der Waals surface area contributed by atoms with Crippen molar-refractivity contribution in [1.29, 1.82) is 0 Å². The SMILES string of the molecule is CCNc1nc(NC(C)C(C)CC)nc(N(C)C)n1. The molecule has 2 N–H and O–H groups in total. The topological polar surface area (TPSA) is 66.0 Å². The molecule has 0 spiro atoms. The predicted octanol–water partition coefficient (Wildman–Crippen LogP) is 2.22. The Morgan fingerprint density at radius 3 is 2.21 bits per heavy atom. The van der Waals surface area contributed by atoms with Crippen LogP contribution in [-0.4, -0.2) is 41.6 Å². The van der Waals surface area contributed by atoms with Crippen LogP contribution in [0.1, 0.15) is 34.1 Å². The zero-order valence-corrected chi connectivity index (χ0v) is 12.9. The number of hydrogen-bond donors (Lipinski definition) is 2. The van der Waals surface area contributed by atoms with E-state index in [0.29, 0.717) is 29.8 Å². The summed E-state index contributed by atoms with van der Waals surface area (Å²) in [5, 5.41) is 6.49. The van der Waals surface area contributed by atoms with E-state index in [9.17, 15) is 0 Å². The smallest absolute Gasteiger partial charge is 0.231 e. The number of rotatable bonds is 7. The highest BCUT2D eigenvalue weighted by Crippen LogP contribution is 2.15. The second kappa shape index (κ2) is 7.11. The van der Waals surface area contributed by atoms with Crippen molar-refractivity contribution in [2.45, 2.75) is 40.2 Å². The average Bonchev–Trinajstić information content (AvgIpc) is 2.37. The Morgan fingerprint density at radius 1 is 1.05 bits per heavy atom. The van der Waals surface area contributed by atoms with Crippen molar-refractivity contribution in [2.24, 2.45) is 5.92 Å². The second-order valence-corrected chi connectivity index (χ2v) is 5.03. The summed E-state index contributed by atoms with van der Waals surface area (Å²) >= 11 is 0. The third kappa shape index (κ3) is 4.54. The Bertz CT molecular complexity index is 393. The van der Waals surface area contributed by atoms with Crippen molar-refractivity contribution >= 4 is 17.8 Å². The van der Waals surface area contributed by atoms with Gasteiger partial charge in [0.05, 0.1) is 0 Å². The van der Waals surface area contributed by atoms with Crippen LogP contribution in [0.3, 0.4) is 0 Å². The van der Waals surface area contributed by atoms with Crippen molar-refractivity contribution < 1.29 is 0 Å². The molecule has 6 nitrogen and oxygen atoms in total. The van der Waals surface area contributed by atoms with Gasteiger partial charge in [0, 0.05) is 26.7 Å². The summed E-state index contributed by atoms with van der Waals surface area (Å²) in [5.41, 5.74) is 0. The van der Waals surface area contributed by atoms with Gasteiger partial charge in [0.2, 0.25) is 17.8 Å². The van der Waals surface area contributed by atoms with Gasteiger partial charge in [0.15, 0.2) is 0 Å². The van der Waals surface area contributed by atoms with Crippen LogP contribution in [0.5, 0.6) is 0 Å². The molecule has 0 radical (unpaired) electrons. The zero-order valence-electron chi connectivity index (χ0n) is 12.9. The van der Waals surface area contributed by atoms with Crippen molar-refractivity contribution in [2.75, 3.05) is 36.2 Å². The molecular weight excluding hydrogens is 240 g/mol. The van der Waals surface area contributed by atoms with Crippen LogP contribution < -0.4 is 15.5 Å². The van der Waals surface area contributed by atoms with Crippen molar-refractivity contribution in [3.8, 4) is 0 Å². The van der Waals surface area contributed by atoms with E-state index in [1.807, 2.05) is 25.9 Å². The van der Waals surface area contributed by atoms with Gasteiger partial charge in [-0.1, -0.05) is 20.3 Å². The van der Waals surface area contributed by atoms with Gasteiger partial charge in [-0.3, -0.25) is 0 Å². The van der Waals surface area contributed by atoms with E-state index in [1.165, 1.54) is 0 Å². The Hall–Kier alpha value is -1.59. The number of anilines is 3. The molecule has 2 atom stereocenters. The van der Waals surface area contributed by atoms with Gasteiger partial charge >= 0.3 is 0 Å². The van der Waals surface area contributed by atoms with Gasteiger partial charge < -0.3 is 15.5 Å². The van der Waals surface area contributed by atoms with E-state index in [2.05, 4.69) is 46.4 Å². The van der Waals surface area contributed by atoms with Gasteiger partial charge in [-0.2, -0.15) is 15.0 Å². The molecule has 1 heterocycles. The molecular formula is C13H26N6. The number of hydrogen-bond acceptors (Lipinski definition) is 6. The molecule has 108 valence electrons. The first-order chi connectivity index (χ1) is 8.97. The van der Waals surface area contributed by atoms with Crippen LogP contribution in [-0.2, 0) is 0 Å². The highest BCUT2D eigenvalue weighted by molar-refractivity contribution is 5.43. The lowest BCUT2D eigenvalue weighted by Crippen LogP contribution is -2.25. The monoisotopic (exact) mass is 266 g/mol. The third-order valence-electron chi connectivity index (χ3n) is 3.21. The molecule has 1 aromatic heterocycles. The van der Waals surface area contributed by atoms with Gasteiger partial charge in [-0.25, -0.2) is 0 Å². The van der Waals surface area contributed by atoms with Crippen LogP contribution in [0.15, 0.2) is 0 Å². The average molecular weight is 266 g/mol. The highest BCUT2D eigenvalue weighted by Gasteiger charge is 2.13. The van der Waals surface area contributed by atoms with Crippen LogP contribution >= 0.6 is 0 Å². The predicted molar refractivity (Wildman–Crippen MR) is 80.9 cm³/mol. The van der Waals surface area contributed by atoms with E-state index >= 15 is 0 Å². The van der Waals surface area contributed by atoms with Crippen molar-refractivity contribution in [1.82, 2.24) is 15.0 Å². The van der Waals surface area contributed by atoms with Crippen LogP contribution in [0.2, 0.25) is 0 Å². The van der Waals surface area contributed by atoms with E-state index in [0.717, 1.165) is 13.0 Å². The minimum Gasteiger partial charge on any atom is -0.354 e. The number of nitrogens with zero attached hydrogens (tertiary/aromatic N) is 4. The van der Waals surface area contributed by atoms with E-state index in [1.54, 1.807) is 0 Å². The standard InChI is InChI=1S/C13H26N6/c1-7-9(3)10(4)15-12-16-11(14-8-2)17-13(18-12)19(5)6/h9-10H,7-8H2,1-6H3,(H2,14,15,16,17,18). The van der Waals surface area contributed by atoms with E-state index < -0.39 is 0 Å². The van der Waals surface area contributed by atoms with Crippen molar-refractivity contribution in [3.63, 3.8) is 0 Å². The summed E-state index contributed by atoms with van der Waals surface area (Å²) in [5.74, 6) is 2.47. The quantitative estimate of drug-likeness (QED) is 0.789. The Balaban J connectivity index is 2.92. The van der Waals surface area contributed by atoms with Gasteiger partial charge in [-0.05, 0) is 19.8 Å². The number of aromatic nitrogens is 3. The Morgan fingerprint density at radius 2 is 1.68 bits per heavy atom. The first-order valence-corrected chi connectivity index (χ1v) is 6.91. The first-order valence-electron chi connectivity index (χ1n) is 6.91. The summed E-state index contributed by atoms with van der Waals surface area (Å²) in [6.07, 6.45) is 1.12. The fourth-order valence-electron chi connectivity index (χ4n) is 1.57. The maximum atomic E-state index is 4.42. The Kier molecular flexibility index (Phi) is 5.79. The zero-order chi connectivity index (χ0) is 14.4. The molecule has 0 fully saturated rings. The lowest BCUT2D eigenvalue weighted by molar-refractivity contribution is 0.492.